The summed E-state index contributed by atoms with van der Waals surface area (Å²) >= 11 is 0. The van der Waals surface area contributed by atoms with E-state index in [0.717, 1.165) is 38.8 Å². The molecule has 2 atom stereocenters. The highest BCUT2D eigenvalue weighted by Crippen LogP contribution is 2.40. The first-order chi connectivity index (χ1) is 11.1. The number of carbonyl (C=O) groups is 2. The number of hydrogen-bond donors (Lipinski definition) is 2. The monoisotopic (exact) mass is 338 g/mol. The van der Waals surface area contributed by atoms with E-state index < -0.39 is 0 Å². The van der Waals surface area contributed by atoms with Crippen LogP contribution in [0.15, 0.2) is 0 Å². The molecule has 0 radical (unpaired) electrons. The Morgan fingerprint density at radius 3 is 1.29 bits per heavy atom. The van der Waals surface area contributed by atoms with Gasteiger partial charge in [0.05, 0.1) is 23.2 Å². The van der Waals surface area contributed by atoms with Gasteiger partial charge in [-0.1, -0.05) is 12.8 Å². The van der Waals surface area contributed by atoms with Gasteiger partial charge in [-0.05, 0) is 54.4 Å². The highest BCUT2D eigenvalue weighted by atomic mass is 16.2. The van der Waals surface area contributed by atoms with Crippen molar-refractivity contribution in [1.29, 1.82) is 0 Å². The molecular formula is C18H34N4O2. The molecule has 0 bridgehead atoms. The summed E-state index contributed by atoms with van der Waals surface area (Å²) in [5, 5.41) is 5.97. The largest absolute Gasteiger partial charge is 0.338 e. The fraction of sp³-hybridized carbons (Fsp3) is 0.889. The lowest BCUT2D eigenvalue weighted by Crippen LogP contribution is -2.32. The van der Waals surface area contributed by atoms with Gasteiger partial charge in [0.2, 0.25) is 0 Å². The summed E-state index contributed by atoms with van der Waals surface area (Å²) in [6.07, 6.45) is 4.11. The standard InChI is InChI=1S/C18H34N4O2/c1-13-17(3,4)21(13)15(23)19-11-9-7-8-10-12-20-16(24)22-14(2)18(22,5)6/h13-14H,7-12H2,1-6H3,(H,19,23)(H,20,24)/t13-,14-,21?,22?/m0/s1. The smallest absolute Gasteiger partial charge is 0.318 e. The van der Waals surface area contributed by atoms with E-state index >= 15 is 0 Å². The van der Waals surface area contributed by atoms with Gasteiger partial charge in [0.15, 0.2) is 0 Å². The second-order valence-electron chi connectivity index (χ2n) is 8.28. The van der Waals surface area contributed by atoms with E-state index in [1.165, 1.54) is 0 Å². The van der Waals surface area contributed by atoms with Gasteiger partial charge in [0, 0.05) is 13.1 Å². The molecule has 2 fully saturated rings. The van der Waals surface area contributed by atoms with E-state index in [2.05, 4.69) is 52.2 Å². The third-order valence-electron chi connectivity index (χ3n) is 6.02. The van der Waals surface area contributed by atoms with Gasteiger partial charge >= 0.3 is 12.1 Å². The topological polar surface area (TPSA) is 64.2 Å². The lowest BCUT2D eigenvalue weighted by molar-refractivity contribution is 0.221. The van der Waals surface area contributed by atoms with Gasteiger partial charge in [-0.25, -0.2) is 9.59 Å². The van der Waals surface area contributed by atoms with Crippen molar-refractivity contribution in [2.75, 3.05) is 13.1 Å². The van der Waals surface area contributed by atoms with Gasteiger partial charge in [0.1, 0.15) is 0 Å². The molecule has 0 aliphatic carbocycles. The van der Waals surface area contributed by atoms with Crippen LogP contribution < -0.4 is 10.6 Å². The Kier molecular flexibility index (Phi) is 5.35. The van der Waals surface area contributed by atoms with Crippen molar-refractivity contribution in [3.63, 3.8) is 0 Å². The van der Waals surface area contributed by atoms with Crippen molar-refractivity contribution in [2.24, 2.45) is 0 Å². The van der Waals surface area contributed by atoms with Crippen LogP contribution in [0.1, 0.15) is 67.2 Å². The second kappa shape index (κ2) is 6.81. The maximum Gasteiger partial charge on any atom is 0.318 e. The average Bonchev–Trinajstić information content (AvgIpc) is 3.20. The lowest BCUT2D eigenvalue weighted by atomic mass is 10.2. The fourth-order valence-corrected chi connectivity index (χ4v) is 3.41. The van der Waals surface area contributed by atoms with Crippen LogP contribution in [0.25, 0.3) is 0 Å². The van der Waals surface area contributed by atoms with E-state index in [-0.39, 0.29) is 23.1 Å². The van der Waals surface area contributed by atoms with E-state index in [9.17, 15) is 9.59 Å². The van der Waals surface area contributed by atoms with Crippen molar-refractivity contribution in [3.8, 4) is 0 Å². The minimum Gasteiger partial charge on any atom is -0.338 e. The molecule has 2 heterocycles. The van der Waals surface area contributed by atoms with Crippen LogP contribution in [0, 0.1) is 0 Å². The Bertz CT molecular complexity index is 445. The SMILES string of the molecule is C[C@@H]1N(C(=O)NCCCCCCNC(=O)N2[C@@H](C)C2(C)C)C1(C)C. The van der Waals surface area contributed by atoms with Crippen LogP contribution >= 0.6 is 0 Å². The van der Waals surface area contributed by atoms with Crippen molar-refractivity contribution >= 4 is 12.1 Å². The zero-order valence-corrected chi connectivity index (χ0v) is 16.1. The van der Waals surface area contributed by atoms with Crippen molar-refractivity contribution in [3.05, 3.63) is 0 Å². The fourth-order valence-electron chi connectivity index (χ4n) is 3.41. The Labute approximate surface area is 146 Å². The molecule has 2 aliphatic rings. The van der Waals surface area contributed by atoms with Gasteiger partial charge in [0.25, 0.3) is 0 Å². The summed E-state index contributed by atoms with van der Waals surface area (Å²) in [4.78, 5) is 27.7. The van der Waals surface area contributed by atoms with Crippen LogP contribution in [0.5, 0.6) is 0 Å². The molecule has 6 heteroatoms. The first kappa shape index (κ1) is 18.9. The van der Waals surface area contributed by atoms with Crippen LogP contribution in [0.2, 0.25) is 0 Å². The molecule has 0 spiro atoms. The molecule has 2 rings (SSSR count). The summed E-state index contributed by atoms with van der Waals surface area (Å²) in [6, 6.07) is 0.761. The van der Waals surface area contributed by atoms with Crippen LogP contribution in [-0.2, 0) is 0 Å². The number of urea groups is 2. The zero-order valence-electron chi connectivity index (χ0n) is 16.1. The molecule has 0 aromatic heterocycles. The number of unbranched alkanes of at least 4 members (excludes halogenated alkanes) is 3. The number of carbonyl (C=O) groups excluding carboxylic acids is 2. The van der Waals surface area contributed by atoms with E-state index in [4.69, 9.17) is 0 Å². The van der Waals surface area contributed by atoms with Crippen LogP contribution in [0.3, 0.4) is 0 Å². The third-order valence-corrected chi connectivity index (χ3v) is 6.02. The highest BCUT2D eigenvalue weighted by molar-refractivity contribution is 5.79. The Morgan fingerprint density at radius 1 is 0.750 bits per heavy atom. The molecule has 2 saturated heterocycles. The van der Waals surface area contributed by atoms with Gasteiger partial charge < -0.3 is 20.4 Å². The number of rotatable bonds is 7. The van der Waals surface area contributed by atoms with Crippen LogP contribution in [-0.4, -0.2) is 58.1 Å². The maximum atomic E-state index is 12.0. The van der Waals surface area contributed by atoms with Crippen molar-refractivity contribution in [1.82, 2.24) is 20.4 Å². The third kappa shape index (κ3) is 3.78. The average molecular weight is 338 g/mol. The molecule has 0 aromatic carbocycles. The summed E-state index contributed by atoms with van der Waals surface area (Å²) in [7, 11) is 0. The summed E-state index contributed by atoms with van der Waals surface area (Å²) in [5.41, 5.74) is 0.0118. The Hall–Kier alpha value is -1.46. The minimum absolute atomic E-state index is 0.00589. The zero-order chi connectivity index (χ0) is 18.1. The van der Waals surface area contributed by atoms with E-state index in [0.29, 0.717) is 12.1 Å². The van der Waals surface area contributed by atoms with Crippen LogP contribution in [0.4, 0.5) is 9.59 Å². The van der Waals surface area contributed by atoms with Crippen molar-refractivity contribution in [2.45, 2.75) is 90.4 Å². The molecule has 6 nitrogen and oxygen atoms in total. The Balaban J connectivity index is 1.44. The van der Waals surface area contributed by atoms with Gasteiger partial charge in [-0.3, -0.25) is 0 Å². The van der Waals surface area contributed by atoms with Gasteiger partial charge in [-0.2, -0.15) is 0 Å². The number of nitrogens with zero attached hydrogens (tertiary/aromatic N) is 2. The molecule has 0 unspecified atom stereocenters. The highest BCUT2D eigenvalue weighted by Gasteiger charge is 2.55. The first-order valence-corrected chi connectivity index (χ1v) is 9.26. The van der Waals surface area contributed by atoms with Gasteiger partial charge in [-0.15, -0.1) is 0 Å². The Morgan fingerprint density at radius 2 is 1.04 bits per heavy atom. The molecule has 24 heavy (non-hydrogen) atoms. The normalized spacial score (nSPS) is 26.1. The molecular weight excluding hydrogens is 304 g/mol. The molecule has 0 aromatic rings. The minimum atomic E-state index is 0.00589. The number of nitrogens with one attached hydrogen (secondary N) is 2. The second-order valence-corrected chi connectivity index (χ2v) is 8.28. The molecule has 138 valence electrons. The molecule has 4 amide bonds. The van der Waals surface area contributed by atoms with E-state index in [1.54, 1.807) is 0 Å². The predicted molar refractivity (Wildman–Crippen MR) is 96.0 cm³/mol. The van der Waals surface area contributed by atoms with Crippen molar-refractivity contribution < 1.29 is 9.59 Å². The first-order valence-electron chi connectivity index (χ1n) is 9.26. The summed E-state index contributed by atoms with van der Waals surface area (Å²) < 4.78 is 0. The quantitative estimate of drug-likeness (QED) is 0.554. The number of hydrogen-bond acceptors (Lipinski definition) is 2. The maximum absolute atomic E-state index is 12.0. The summed E-state index contributed by atoms with van der Waals surface area (Å²) in [5.74, 6) is 0. The lowest BCUT2D eigenvalue weighted by Gasteiger charge is -2.10. The predicted octanol–water partition coefficient (Wildman–Crippen LogP) is 2.93. The molecule has 0 saturated carbocycles. The number of amides is 4. The molecule has 2 N–H and O–H groups in total. The summed E-state index contributed by atoms with van der Waals surface area (Å²) in [6.45, 7) is 14.0. The van der Waals surface area contributed by atoms with E-state index in [1.807, 2.05) is 9.80 Å². The molecule has 2 aliphatic heterocycles.